The summed E-state index contributed by atoms with van der Waals surface area (Å²) in [7, 11) is 7.60. The van der Waals surface area contributed by atoms with Gasteiger partial charge in [-0.15, -0.1) is 0 Å². The van der Waals surface area contributed by atoms with Crippen molar-refractivity contribution in [2.24, 2.45) is 0 Å². The van der Waals surface area contributed by atoms with E-state index in [2.05, 4.69) is 0 Å². The normalized spacial score (nSPS) is 11.6. The van der Waals surface area contributed by atoms with E-state index in [1.807, 2.05) is 0 Å². The maximum absolute atomic E-state index is 6.97. The van der Waals surface area contributed by atoms with Gasteiger partial charge in [-0.05, 0) is 0 Å². The van der Waals surface area contributed by atoms with Gasteiger partial charge in [0.05, 0.1) is 0 Å². The molecule has 0 aliphatic rings. The third-order valence-electron chi connectivity index (χ3n) is 6.58. The summed E-state index contributed by atoms with van der Waals surface area (Å²) in [5.41, 5.74) is 0. The number of hydrogen-bond acceptors (Lipinski definition) is 10. The molecule has 0 radical (unpaired) electrons. The number of para-hydroxylation sites is 10. The molecule has 5 aromatic rings. The van der Waals surface area contributed by atoms with Crippen molar-refractivity contribution in [3.05, 3.63) is 121 Å². The summed E-state index contributed by atoms with van der Waals surface area (Å²) in [4.78, 5) is 0. The molecule has 0 heterocycles. The summed E-state index contributed by atoms with van der Waals surface area (Å²) in [5, 5.41) is 0. The molecule has 5 aromatic carbocycles. The summed E-state index contributed by atoms with van der Waals surface area (Å²) >= 11 is -6.56. The quantitative estimate of drug-likeness (QED) is 0.104. The number of benzene rings is 5. The van der Waals surface area contributed by atoms with Gasteiger partial charge in [-0.25, -0.2) is 0 Å². The van der Waals surface area contributed by atoms with Crippen molar-refractivity contribution in [1.29, 1.82) is 0 Å². The number of methoxy groups -OCH3 is 5. The third kappa shape index (κ3) is 6.82. The minimum absolute atomic E-state index is 0.200. The molecule has 0 saturated heterocycles. The molecule has 0 spiro atoms. The summed E-state index contributed by atoms with van der Waals surface area (Å²) < 4.78 is 63.3. The molecule has 0 aliphatic carbocycles. The molecule has 0 aliphatic heterocycles. The first kappa shape index (κ1) is 32.1. The molecule has 5 rings (SSSR count). The van der Waals surface area contributed by atoms with Gasteiger partial charge in [0.25, 0.3) is 0 Å². The Balaban J connectivity index is 1.92. The Morgan fingerprint density at radius 1 is 0.261 bits per heavy atom. The van der Waals surface area contributed by atoms with Crippen molar-refractivity contribution in [3.63, 3.8) is 0 Å². The number of ether oxygens (including phenoxy) is 5. The van der Waals surface area contributed by atoms with Crippen LogP contribution in [0.4, 0.5) is 0 Å². The molecule has 0 saturated carbocycles. The van der Waals surface area contributed by atoms with E-state index in [9.17, 15) is 0 Å². The predicted molar refractivity (Wildman–Crippen MR) is 174 cm³/mol. The van der Waals surface area contributed by atoms with Crippen molar-refractivity contribution in [2.75, 3.05) is 35.5 Å². The molecule has 46 heavy (non-hydrogen) atoms. The van der Waals surface area contributed by atoms with Gasteiger partial charge in [0.1, 0.15) is 0 Å². The molecule has 0 aromatic heterocycles. The molecule has 10 nitrogen and oxygen atoms in total. The fourth-order valence-electron chi connectivity index (χ4n) is 4.46. The van der Waals surface area contributed by atoms with Crippen LogP contribution in [-0.2, 0) is 0 Å². The molecule has 0 unspecified atom stereocenters. The van der Waals surface area contributed by atoms with E-state index in [0.717, 1.165) is 0 Å². The van der Waals surface area contributed by atoms with E-state index in [0.29, 0.717) is 28.7 Å². The molecule has 240 valence electrons. The van der Waals surface area contributed by atoms with E-state index >= 15 is 0 Å². The molecule has 0 fully saturated rings. The second-order valence-electron chi connectivity index (χ2n) is 9.46. The summed E-state index contributed by atoms with van der Waals surface area (Å²) in [6.45, 7) is 0. The van der Waals surface area contributed by atoms with Gasteiger partial charge in [0, 0.05) is 0 Å². The Labute approximate surface area is 270 Å². The van der Waals surface area contributed by atoms with E-state index in [1.54, 1.807) is 121 Å². The fourth-order valence-corrected chi connectivity index (χ4v) is 10.2. The van der Waals surface area contributed by atoms with Gasteiger partial charge in [-0.1, -0.05) is 0 Å². The molecule has 0 bridgehead atoms. The van der Waals surface area contributed by atoms with Crippen LogP contribution in [0, 0.1) is 0 Å². The maximum atomic E-state index is 6.97. The van der Waals surface area contributed by atoms with Crippen LogP contribution in [-0.4, -0.2) is 49.7 Å². The van der Waals surface area contributed by atoms with Crippen LogP contribution in [0.25, 0.3) is 0 Å². The van der Waals surface area contributed by atoms with E-state index in [-0.39, 0.29) is 28.7 Å². The summed E-state index contributed by atoms with van der Waals surface area (Å²) in [6, 6.07) is 35.0. The molecular formula is C35H35AsO10. The van der Waals surface area contributed by atoms with Gasteiger partial charge >= 0.3 is 271 Å². The number of hydrogen-bond donors (Lipinski definition) is 0. The molecule has 0 amide bonds. The molecule has 0 atom stereocenters. The van der Waals surface area contributed by atoms with Crippen LogP contribution < -0.4 is 42.3 Å². The van der Waals surface area contributed by atoms with E-state index < -0.39 is 14.2 Å². The summed E-state index contributed by atoms with van der Waals surface area (Å²) in [5.74, 6) is 2.78. The third-order valence-corrected chi connectivity index (χ3v) is 11.8. The van der Waals surface area contributed by atoms with Crippen LogP contribution in [0.2, 0.25) is 0 Å². The fraction of sp³-hybridized carbons (Fsp3) is 0.143. The standard InChI is InChI=1S/C35H35AsO10/c1-37-26-16-6-11-21-31(26)42-36(43-32-22-12-7-17-27(32)38-2,44-33-23-13-8-18-28(33)39-3,45-34-24-14-9-19-29(34)40-4)46-35-25-15-10-20-30(35)41-5/h6-25H,1-5H3. The summed E-state index contributed by atoms with van der Waals surface area (Å²) in [6.07, 6.45) is 0. The number of rotatable bonds is 15. The van der Waals surface area contributed by atoms with Gasteiger partial charge in [0.15, 0.2) is 0 Å². The zero-order valence-electron chi connectivity index (χ0n) is 26.1. The van der Waals surface area contributed by atoms with Crippen LogP contribution in [0.5, 0.6) is 57.5 Å². The van der Waals surface area contributed by atoms with Crippen molar-refractivity contribution in [2.45, 2.75) is 0 Å². The van der Waals surface area contributed by atoms with Crippen molar-refractivity contribution < 1.29 is 42.3 Å². The van der Waals surface area contributed by atoms with Crippen molar-refractivity contribution in [3.8, 4) is 57.5 Å². The van der Waals surface area contributed by atoms with Crippen LogP contribution >= 0.6 is 0 Å². The first-order valence-corrected chi connectivity index (χ1v) is 18.0. The minimum atomic E-state index is -6.56. The molecule has 0 N–H and O–H groups in total. The SMILES string of the molecule is COc1ccccc1O[As](Oc1ccccc1OC)(Oc1ccccc1OC)(Oc1ccccc1OC)Oc1ccccc1OC. The second kappa shape index (κ2) is 14.2. The van der Waals surface area contributed by atoms with E-state index in [4.69, 9.17) is 42.3 Å². The first-order chi connectivity index (χ1) is 22.4. The molecule has 11 heteroatoms. The average Bonchev–Trinajstić information content (AvgIpc) is 3.09. The van der Waals surface area contributed by atoms with Gasteiger partial charge < -0.3 is 0 Å². The Morgan fingerprint density at radius 3 is 0.565 bits per heavy atom. The van der Waals surface area contributed by atoms with Crippen molar-refractivity contribution in [1.82, 2.24) is 0 Å². The zero-order valence-corrected chi connectivity index (χ0v) is 28.0. The van der Waals surface area contributed by atoms with Gasteiger partial charge in [-0.3, -0.25) is 0 Å². The first-order valence-electron chi connectivity index (χ1n) is 14.1. The van der Waals surface area contributed by atoms with E-state index in [1.165, 1.54) is 35.5 Å². The Hall–Kier alpha value is -5.34. The Kier molecular flexibility index (Phi) is 9.88. The van der Waals surface area contributed by atoms with Gasteiger partial charge in [-0.2, -0.15) is 0 Å². The second-order valence-corrected chi connectivity index (χ2v) is 14.5. The Morgan fingerprint density at radius 2 is 0.413 bits per heavy atom. The van der Waals surface area contributed by atoms with Crippen LogP contribution in [0.1, 0.15) is 0 Å². The topological polar surface area (TPSA) is 92.3 Å². The Bertz CT molecular complexity index is 1460. The van der Waals surface area contributed by atoms with Crippen molar-refractivity contribution >= 4 is 14.2 Å². The van der Waals surface area contributed by atoms with Crippen LogP contribution in [0.3, 0.4) is 0 Å². The van der Waals surface area contributed by atoms with Crippen LogP contribution in [0.15, 0.2) is 121 Å². The predicted octanol–water partition coefficient (Wildman–Crippen LogP) is 7.31. The molecular weight excluding hydrogens is 655 g/mol. The average molecular weight is 691 g/mol. The van der Waals surface area contributed by atoms with Gasteiger partial charge in [0.2, 0.25) is 0 Å². The monoisotopic (exact) mass is 690 g/mol. The zero-order chi connectivity index (χ0) is 32.4.